The molecule has 0 aromatic heterocycles. The Kier molecular flexibility index (Phi) is 7.98. The van der Waals surface area contributed by atoms with Crippen LogP contribution in [0.4, 0.5) is 0 Å². The number of hydrogen-bond acceptors (Lipinski definition) is 4. The zero-order valence-corrected chi connectivity index (χ0v) is 6.00. The lowest BCUT2D eigenvalue weighted by Gasteiger charge is -2.03. The van der Waals surface area contributed by atoms with E-state index in [1.807, 2.05) is 0 Å². The molecule has 0 aliphatic heterocycles. The van der Waals surface area contributed by atoms with Crippen molar-refractivity contribution in [2.24, 2.45) is 16.5 Å². The van der Waals surface area contributed by atoms with Gasteiger partial charge in [-0.1, -0.05) is 0 Å². The summed E-state index contributed by atoms with van der Waals surface area (Å²) < 4.78 is 0. The van der Waals surface area contributed by atoms with Crippen molar-refractivity contribution in [3.8, 4) is 0 Å². The lowest BCUT2D eigenvalue weighted by atomic mass is 13.9. The predicted octanol–water partition coefficient (Wildman–Crippen LogP) is -3.60. The maximum absolute atomic E-state index is 8.25. The van der Waals surface area contributed by atoms with E-state index in [0.717, 1.165) is 0 Å². The van der Waals surface area contributed by atoms with Crippen molar-refractivity contribution in [1.82, 2.24) is 0 Å². The molecule has 0 rings (SSSR count). The van der Waals surface area contributed by atoms with E-state index in [-0.39, 0.29) is 12.4 Å². The maximum atomic E-state index is 8.25. The first-order valence-corrected chi connectivity index (χ1v) is 4.72. The van der Waals surface area contributed by atoms with Crippen molar-refractivity contribution < 1.29 is 17.3 Å². The van der Waals surface area contributed by atoms with Crippen LogP contribution in [0.2, 0.25) is 0 Å². The molecule has 7 heavy (non-hydrogen) atoms. The van der Waals surface area contributed by atoms with Crippen LogP contribution in [0, 0.1) is 0 Å². The predicted molar refractivity (Wildman–Crippen MR) is 28.6 cm³/mol. The Balaban J connectivity index is 0. The van der Waals surface area contributed by atoms with Crippen molar-refractivity contribution in [3.05, 3.63) is 0 Å². The van der Waals surface area contributed by atoms with Gasteiger partial charge in [0.25, 0.3) is 0 Å². The minimum absolute atomic E-state index is 0. The fourth-order valence-electron chi connectivity index (χ4n) is 0. The summed E-state index contributed by atoms with van der Waals surface area (Å²) in [7, 11) is -2.80. The molecule has 0 amide bonds. The Morgan fingerprint density at radius 3 is 1.29 bits per heavy atom. The molecule has 1 unspecified atom stereocenters. The van der Waals surface area contributed by atoms with Crippen LogP contribution >= 0.6 is 15.9 Å². The Labute approximate surface area is 50.5 Å². The molecule has 46 valence electrons. The third kappa shape index (κ3) is 6.99. The normalized spacial score (nSPS) is 13.3. The van der Waals surface area contributed by atoms with Gasteiger partial charge in [-0.15, -0.1) is 0 Å². The van der Waals surface area contributed by atoms with E-state index in [1.165, 1.54) is 0 Å². The summed E-state index contributed by atoms with van der Waals surface area (Å²) in [5.41, 5.74) is 14.7. The van der Waals surface area contributed by atoms with Crippen molar-refractivity contribution in [2.45, 2.75) is 0 Å². The molecule has 1 atom stereocenters. The molecule has 0 radical (unpaired) electrons. The van der Waals surface area contributed by atoms with Crippen LogP contribution in [0.5, 0.6) is 0 Å². The van der Waals surface area contributed by atoms with E-state index in [4.69, 9.17) is 21.4 Å². The summed E-state index contributed by atoms with van der Waals surface area (Å²) in [5.74, 6) is 0. The number of halogens is 1. The molecule has 0 saturated carbocycles. The van der Waals surface area contributed by atoms with Gasteiger partial charge in [-0.25, -0.2) is 0 Å². The summed E-state index contributed by atoms with van der Waals surface area (Å²) >= 11 is 0. The molecule has 0 heterocycles. The molecule has 0 aromatic carbocycles. The molecule has 0 aliphatic rings. The highest BCUT2D eigenvalue weighted by molar-refractivity contribution is 8.24. The van der Waals surface area contributed by atoms with Gasteiger partial charge >= 0.3 is 0 Å². The van der Waals surface area contributed by atoms with E-state index in [2.05, 4.69) is 0 Å². The first kappa shape index (κ1) is 10.9. The summed E-state index contributed by atoms with van der Waals surface area (Å²) in [4.78, 5) is 8.25. The molecular formula is H7ClN3OP2-. The zero-order valence-electron chi connectivity index (χ0n) is 3.45. The van der Waals surface area contributed by atoms with Crippen LogP contribution < -0.4 is 28.9 Å². The molecule has 0 saturated heterocycles. The summed E-state index contributed by atoms with van der Waals surface area (Å²) in [5, 5.41) is 0. The van der Waals surface area contributed by atoms with Crippen LogP contribution in [0.3, 0.4) is 0 Å². The standard InChI is InChI=1S/ClH.H7N3OP2/c;1-5(2)6(3)4/h1H;4H,1-3H2/p-1. The molecule has 7 N–H and O–H groups in total. The van der Waals surface area contributed by atoms with Crippen LogP contribution in [0.1, 0.15) is 0 Å². The van der Waals surface area contributed by atoms with Crippen LogP contribution in [0.15, 0.2) is 0 Å². The Hall–Kier alpha value is 0.990. The quantitative estimate of drug-likeness (QED) is 0.300. The van der Waals surface area contributed by atoms with Gasteiger partial charge < -0.3 is 17.3 Å². The lowest BCUT2D eigenvalue weighted by Crippen LogP contribution is -3.00. The second-order valence-electron chi connectivity index (χ2n) is 0.700. The second kappa shape index (κ2) is 5.13. The van der Waals surface area contributed by atoms with Crippen molar-refractivity contribution in [2.75, 3.05) is 0 Å². The van der Waals surface area contributed by atoms with Crippen LogP contribution in [0.25, 0.3) is 0 Å². The average Bonchev–Trinajstić information content (AvgIpc) is 1.36. The van der Waals surface area contributed by atoms with Gasteiger partial charge in [0.05, 0.1) is 7.91 Å². The van der Waals surface area contributed by atoms with Crippen molar-refractivity contribution >= 4 is 15.9 Å². The smallest absolute Gasteiger partial charge is 0.152 e. The largest absolute Gasteiger partial charge is 1.00 e. The highest BCUT2D eigenvalue weighted by Gasteiger charge is 2.00. The molecule has 7 heteroatoms. The molecule has 0 aromatic rings. The Morgan fingerprint density at radius 1 is 1.14 bits per heavy atom. The SMILES string of the molecule is NP(N)P(N)O.[Cl-]. The molecule has 0 spiro atoms. The molecule has 4 nitrogen and oxygen atoms in total. The monoisotopic (exact) mass is 162 g/mol. The number of rotatable bonds is 1. The van der Waals surface area contributed by atoms with Gasteiger partial charge in [0, 0.05) is 0 Å². The topological polar surface area (TPSA) is 98.3 Å². The van der Waals surface area contributed by atoms with Gasteiger partial charge in [-0.3, -0.25) is 16.5 Å². The van der Waals surface area contributed by atoms with Crippen LogP contribution in [-0.2, 0) is 0 Å². The van der Waals surface area contributed by atoms with Crippen molar-refractivity contribution in [3.63, 3.8) is 0 Å². The fraction of sp³-hybridized carbons (Fsp3) is 0. The Morgan fingerprint density at radius 2 is 1.29 bits per heavy atom. The third-order valence-corrected chi connectivity index (χ3v) is 2.13. The van der Waals surface area contributed by atoms with Crippen molar-refractivity contribution in [1.29, 1.82) is 0 Å². The maximum Gasteiger partial charge on any atom is 0.152 e. The van der Waals surface area contributed by atoms with E-state index >= 15 is 0 Å². The molecule has 0 fully saturated rings. The minimum Gasteiger partial charge on any atom is -1.00 e. The van der Waals surface area contributed by atoms with Gasteiger partial charge in [0.15, 0.2) is 7.99 Å². The highest BCUT2D eigenvalue weighted by Crippen LogP contribution is 2.47. The lowest BCUT2D eigenvalue weighted by molar-refractivity contribution is -0.00000263. The zero-order chi connectivity index (χ0) is 5.15. The number of nitrogens with two attached hydrogens (primary N) is 3. The average molecular weight is 162 g/mol. The van der Waals surface area contributed by atoms with Gasteiger partial charge in [-0.05, 0) is 0 Å². The van der Waals surface area contributed by atoms with E-state index in [9.17, 15) is 0 Å². The van der Waals surface area contributed by atoms with Gasteiger partial charge in [0.2, 0.25) is 0 Å². The highest BCUT2D eigenvalue weighted by atomic mass is 35.5. The summed E-state index contributed by atoms with van der Waals surface area (Å²) in [6.07, 6.45) is 0. The first-order valence-electron chi connectivity index (χ1n) is 1.17. The van der Waals surface area contributed by atoms with Crippen LogP contribution in [-0.4, -0.2) is 4.89 Å². The van der Waals surface area contributed by atoms with Gasteiger partial charge in [-0.2, -0.15) is 0 Å². The van der Waals surface area contributed by atoms with Gasteiger partial charge in [0.1, 0.15) is 0 Å². The molecule has 0 aliphatic carbocycles. The first-order chi connectivity index (χ1) is 2.64. The molecular weight excluding hydrogens is 155 g/mol. The second-order valence-corrected chi connectivity index (χ2v) is 4.72. The number of hydrogen-bond donors (Lipinski definition) is 4. The summed E-state index contributed by atoms with van der Waals surface area (Å²) in [6, 6.07) is 0. The third-order valence-electron chi connectivity index (χ3n) is 0.237. The van der Waals surface area contributed by atoms with E-state index in [0.29, 0.717) is 0 Å². The molecule has 0 bridgehead atoms. The van der Waals surface area contributed by atoms with E-state index in [1.54, 1.807) is 0 Å². The fourth-order valence-corrected chi connectivity index (χ4v) is 0. The Bertz CT molecular complexity index is 33.9. The summed E-state index contributed by atoms with van der Waals surface area (Å²) in [6.45, 7) is 0. The minimum atomic E-state index is -1.54. The van der Waals surface area contributed by atoms with E-state index < -0.39 is 15.9 Å².